The van der Waals surface area contributed by atoms with Gasteiger partial charge in [-0.2, -0.15) is 0 Å². The summed E-state index contributed by atoms with van der Waals surface area (Å²) in [5.74, 6) is -1.30. The van der Waals surface area contributed by atoms with E-state index in [9.17, 15) is 9.59 Å². The molecule has 80 valence electrons. The molecule has 0 rings (SSSR count). The molecule has 0 aliphatic heterocycles. The van der Waals surface area contributed by atoms with Crippen molar-refractivity contribution >= 4 is 11.9 Å². The first-order valence-electron chi connectivity index (χ1n) is 4.03. The number of hydrogen-bond donors (Lipinski definition) is 1. The van der Waals surface area contributed by atoms with Gasteiger partial charge < -0.3 is 9.84 Å². The Kier molecular flexibility index (Phi) is 8.57. The third-order valence-corrected chi connectivity index (χ3v) is 0.866. The lowest BCUT2D eigenvalue weighted by Gasteiger charge is -2.05. The van der Waals surface area contributed by atoms with Crippen molar-refractivity contribution < 1.29 is 19.4 Å². The van der Waals surface area contributed by atoms with Crippen LogP contribution >= 0.6 is 0 Å². The first-order valence-corrected chi connectivity index (χ1v) is 4.03. The third kappa shape index (κ3) is 13.0. The summed E-state index contributed by atoms with van der Waals surface area (Å²) in [7, 11) is 0. The number of esters is 1. The van der Waals surface area contributed by atoms with Gasteiger partial charge in [0.05, 0.1) is 6.10 Å². The quantitative estimate of drug-likeness (QED) is 0.557. The molecule has 0 atom stereocenters. The number of hydrogen-bond acceptors (Lipinski definition) is 3. The van der Waals surface area contributed by atoms with Crippen LogP contribution in [0, 0.1) is 0 Å². The highest BCUT2D eigenvalue weighted by molar-refractivity contribution is 5.87. The molecule has 0 amide bonds. The highest BCUT2D eigenvalue weighted by Crippen LogP contribution is 1.95. The Morgan fingerprint density at radius 1 is 1.43 bits per heavy atom. The fourth-order valence-corrected chi connectivity index (χ4v) is 0.315. The summed E-state index contributed by atoms with van der Waals surface area (Å²) in [6.45, 7) is 11.6. The van der Waals surface area contributed by atoms with Crippen molar-refractivity contribution in [1.29, 1.82) is 0 Å². The van der Waals surface area contributed by atoms with Gasteiger partial charge in [0, 0.05) is 11.6 Å². The Balaban J connectivity index is 0. The van der Waals surface area contributed by atoms with Gasteiger partial charge >= 0.3 is 11.9 Å². The topological polar surface area (TPSA) is 63.6 Å². The number of aliphatic carboxylic acids is 1. The maximum atomic E-state index is 10.6. The van der Waals surface area contributed by atoms with Crippen LogP contribution in [-0.2, 0) is 14.3 Å². The Hall–Kier alpha value is -1.58. The Morgan fingerprint density at radius 3 is 1.86 bits per heavy atom. The molecule has 0 heterocycles. The van der Waals surface area contributed by atoms with Gasteiger partial charge in [-0.1, -0.05) is 13.2 Å². The van der Waals surface area contributed by atoms with Crippen LogP contribution in [0.1, 0.15) is 20.8 Å². The molecular weight excluding hydrogens is 184 g/mol. The van der Waals surface area contributed by atoms with Crippen molar-refractivity contribution in [2.75, 3.05) is 0 Å². The summed E-state index contributed by atoms with van der Waals surface area (Å²) in [6.07, 6.45) is 0.786. The van der Waals surface area contributed by atoms with Crippen LogP contribution < -0.4 is 0 Å². The van der Waals surface area contributed by atoms with Crippen molar-refractivity contribution in [3.63, 3.8) is 0 Å². The van der Waals surface area contributed by atoms with E-state index in [1.54, 1.807) is 20.8 Å². The fraction of sp³-hybridized carbons (Fsp3) is 0.400. The van der Waals surface area contributed by atoms with Gasteiger partial charge in [0.2, 0.25) is 0 Å². The number of carboxylic acid groups (broad SMARTS) is 1. The zero-order valence-electron chi connectivity index (χ0n) is 8.74. The van der Waals surface area contributed by atoms with Gasteiger partial charge in [0.25, 0.3) is 0 Å². The molecule has 4 nitrogen and oxygen atoms in total. The molecule has 0 saturated carbocycles. The largest absolute Gasteiger partial charge is 0.478 e. The van der Waals surface area contributed by atoms with Gasteiger partial charge in [0.15, 0.2) is 0 Å². The summed E-state index contributed by atoms with van der Waals surface area (Å²) in [5, 5.41) is 7.60. The molecule has 0 radical (unpaired) electrons. The van der Waals surface area contributed by atoms with E-state index in [-0.39, 0.29) is 12.1 Å². The van der Waals surface area contributed by atoms with Crippen LogP contribution in [0.3, 0.4) is 0 Å². The molecule has 1 N–H and O–H groups in total. The number of carbonyl (C=O) groups excluding carboxylic acids is 1. The van der Waals surface area contributed by atoms with Gasteiger partial charge in [0.1, 0.15) is 0 Å². The SMILES string of the molecule is C=C(C)C(=O)OC(C)C.C=CC(=O)O. The molecule has 0 aromatic carbocycles. The molecule has 0 aliphatic carbocycles. The van der Waals surface area contributed by atoms with Crippen molar-refractivity contribution in [3.05, 3.63) is 24.8 Å². The van der Waals surface area contributed by atoms with Gasteiger partial charge in [-0.25, -0.2) is 9.59 Å². The average Bonchev–Trinajstić information content (AvgIpc) is 2.04. The molecule has 0 aliphatic rings. The second-order valence-electron chi connectivity index (χ2n) is 2.78. The summed E-state index contributed by atoms with van der Waals surface area (Å²) in [6, 6.07) is 0. The van der Waals surface area contributed by atoms with E-state index in [1.807, 2.05) is 0 Å². The van der Waals surface area contributed by atoms with Crippen molar-refractivity contribution in [3.8, 4) is 0 Å². The molecule has 0 aromatic rings. The first kappa shape index (κ1) is 14.9. The second kappa shape index (κ2) is 8.04. The maximum absolute atomic E-state index is 10.6. The first-order chi connectivity index (χ1) is 6.31. The molecule has 14 heavy (non-hydrogen) atoms. The molecule has 0 unspecified atom stereocenters. The summed E-state index contributed by atoms with van der Waals surface area (Å²) in [5.41, 5.74) is 0.448. The normalized spacial score (nSPS) is 8.29. The monoisotopic (exact) mass is 200 g/mol. The number of carbonyl (C=O) groups is 2. The summed E-state index contributed by atoms with van der Waals surface area (Å²) in [4.78, 5) is 19.9. The van der Waals surface area contributed by atoms with Gasteiger partial charge in [-0.05, 0) is 20.8 Å². The van der Waals surface area contributed by atoms with Crippen LogP contribution in [0.2, 0.25) is 0 Å². The van der Waals surface area contributed by atoms with E-state index in [0.29, 0.717) is 5.57 Å². The van der Waals surface area contributed by atoms with Crippen LogP contribution in [0.4, 0.5) is 0 Å². The third-order valence-electron chi connectivity index (χ3n) is 0.866. The average molecular weight is 200 g/mol. The zero-order chi connectivity index (χ0) is 11.7. The van der Waals surface area contributed by atoms with Crippen molar-refractivity contribution in [1.82, 2.24) is 0 Å². The number of carboxylic acids is 1. The fourth-order valence-electron chi connectivity index (χ4n) is 0.315. The van der Waals surface area contributed by atoms with E-state index in [1.165, 1.54) is 0 Å². The molecule has 0 spiro atoms. The smallest absolute Gasteiger partial charge is 0.333 e. The van der Waals surface area contributed by atoms with Gasteiger partial charge in [-0.3, -0.25) is 0 Å². The lowest BCUT2D eigenvalue weighted by atomic mass is 10.3. The van der Waals surface area contributed by atoms with E-state index in [4.69, 9.17) is 9.84 Å². The lowest BCUT2D eigenvalue weighted by Crippen LogP contribution is -2.11. The Morgan fingerprint density at radius 2 is 1.79 bits per heavy atom. The maximum Gasteiger partial charge on any atom is 0.333 e. The second-order valence-corrected chi connectivity index (χ2v) is 2.78. The predicted octanol–water partition coefficient (Wildman–Crippen LogP) is 1.77. The molecule has 0 saturated heterocycles. The molecule has 4 heteroatoms. The predicted molar refractivity (Wildman–Crippen MR) is 53.9 cm³/mol. The molecular formula is C10H16O4. The summed E-state index contributed by atoms with van der Waals surface area (Å²) >= 11 is 0. The van der Waals surface area contributed by atoms with Crippen LogP contribution in [0.5, 0.6) is 0 Å². The van der Waals surface area contributed by atoms with E-state index < -0.39 is 5.97 Å². The van der Waals surface area contributed by atoms with Crippen molar-refractivity contribution in [2.45, 2.75) is 26.9 Å². The number of ether oxygens (including phenoxy) is 1. The Bertz CT molecular complexity index is 228. The van der Waals surface area contributed by atoms with E-state index in [2.05, 4.69) is 13.2 Å². The molecule has 0 aromatic heterocycles. The van der Waals surface area contributed by atoms with E-state index in [0.717, 1.165) is 6.08 Å². The molecule has 0 fully saturated rings. The van der Waals surface area contributed by atoms with Gasteiger partial charge in [-0.15, -0.1) is 0 Å². The van der Waals surface area contributed by atoms with Crippen LogP contribution in [-0.4, -0.2) is 23.1 Å². The minimum absolute atomic E-state index is 0.0470. The zero-order valence-corrected chi connectivity index (χ0v) is 8.74. The lowest BCUT2D eigenvalue weighted by molar-refractivity contribution is -0.142. The highest BCUT2D eigenvalue weighted by atomic mass is 16.5. The minimum Gasteiger partial charge on any atom is -0.478 e. The van der Waals surface area contributed by atoms with Crippen LogP contribution in [0.25, 0.3) is 0 Å². The standard InChI is InChI=1S/C7H12O2.C3H4O2/c1-5(2)7(8)9-6(3)4;1-2-3(4)5/h6H,1H2,2-4H3;2H,1H2,(H,4,5). The highest BCUT2D eigenvalue weighted by Gasteiger charge is 2.03. The van der Waals surface area contributed by atoms with Crippen LogP contribution in [0.15, 0.2) is 24.8 Å². The number of rotatable bonds is 3. The summed E-state index contributed by atoms with van der Waals surface area (Å²) < 4.78 is 4.77. The van der Waals surface area contributed by atoms with Crippen molar-refractivity contribution in [2.24, 2.45) is 0 Å². The Labute approximate surface area is 83.9 Å². The minimum atomic E-state index is -0.981. The molecule has 0 bridgehead atoms. The van der Waals surface area contributed by atoms with E-state index >= 15 is 0 Å².